The number of halogens is 2. The van der Waals surface area contributed by atoms with Gasteiger partial charge in [0, 0.05) is 24.6 Å². The lowest BCUT2D eigenvalue weighted by molar-refractivity contribution is -0.131. The van der Waals surface area contributed by atoms with Crippen LogP contribution in [-0.2, 0) is 15.1 Å². The summed E-state index contributed by atoms with van der Waals surface area (Å²) in [6.45, 7) is 0.940. The van der Waals surface area contributed by atoms with Crippen molar-refractivity contribution < 1.29 is 28.0 Å². The van der Waals surface area contributed by atoms with Crippen molar-refractivity contribution in [1.29, 1.82) is 0 Å². The number of benzene rings is 1. The third kappa shape index (κ3) is 3.16. The Balaban J connectivity index is 2.18. The third-order valence-corrected chi connectivity index (χ3v) is 3.57. The minimum Gasteiger partial charge on any atom is -0.351 e. The molecule has 0 bridgehead atoms. The molecular formula is C14H14F2N4O4. The molecule has 1 saturated heterocycles. The highest BCUT2D eigenvalue weighted by atomic mass is 19.1. The quantitative estimate of drug-likeness (QED) is 0.683. The molecule has 1 aromatic carbocycles. The molecule has 0 aliphatic carbocycles. The van der Waals surface area contributed by atoms with Crippen molar-refractivity contribution in [3.63, 3.8) is 0 Å². The molecule has 1 atom stereocenters. The molecular weight excluding hydrogens is 326 g/mol. The number of hydrogen-bond donors (Lipinski definition) is 3. The van der Waals surface area contributed by atoms with Gasteiger partial charge in [-0.25, -0.2) is 18.4 Å². The maximum absolute atomic E-state index is 14.0. The van der Waals surface area contributed by atoms with Crippen LogP contribution in [0.2, 0.25) is 0 Å². The maximum Gasteiger partial charge on any atom is 0.325 e. The van der Waals surface area contributed by atoms with Gasteiger partial charge in [-0.15, -0.1) is 0 Å². The summed E-state index contributed by atoms with van der Waals surface area (Å²) in [6.07, 6.45) is -0.357. The average Bonchev–Trinajstić information content (AvgIpc) is 2.66. The predicted molar refractivity (Wildman–Crippen MR) is 76.3 cm³/mol. The first-order chi connectivity index (χ1) is 11.1. The Bertz CT molecular complexity index is 739. The van der Waals surface area contributed by atoms with Crippen molar-refractivity contribution in [2.24, 2.45) is 5.73 Å². The van der Waals surface area contributed by atoms with Crippen LogP contribution in [0.25, 0.3) is 0 Å². The van der Waals surface area contributed by atoms with Crippen molar-refractivity contribution in [3.8, 4) is 0 Å². The van der Waals surface area contributed by atoms with E-state index in [1.807, 2.05) is 0 Å². The van der Waals surface area contributed by atoms with Crippen LogP contribution in [0.1, 0.15) is 18.9 Å². The summed E-state index contributed by atoms with van der Waals surface area (Å²) in [5, 5.41) is 4.12. The zero-order valence-corrected chi connectivity index (χ0v) is 12.6. The van der Waals surface area contributed by atoms with Gasteiger partial charge in [-0.3, -0.25) is 19.8 Å². The van der Waals surface area contributed by atoms with E-state index in [1.165, 1.54) is 6.92 Å². The fraction of sp³-hybridized carbons (Fsp3) is 0.286. The van der Waals surface area contributed by atoms with E-state index in [0.717, 1.165) is 12.1 Å². The number of primary amides is 1. The number of rotatable bonds is 4. The van der Waals surface area contributed by atoms with Crippen LogP contribution >= 0.6 is 0 Å². The topological polar surface area (TPSA) is 122 Å². The fourth-order valence-corrected chi connectivity index (χ4v) is 2.39. The highest BCUT2D eigenvalue weighted by Crippen LogP contribution is 2.31. The van der Waals surface area contributed by atoms with E-state index in [0.29, 0.717) is 11.0 Å². The first kappa shape index (κ1) is 17.3. The molecule has 1 aromatic rings. The van der Waals surface area contributed by atoms with Crippen LogP contribution in [0.15, 0.2) is 18.2 Å². The molecule has 2 rings (SSSR count). The second kappa shape index (κ2) is 6.22. The second-order valence-corrected chi connectivity index (χ2v) is 5.30. The van der Waals surface area contributed by atoms with Gasteiger partial charge in [0.1, 0.15) is 17.2 Å². The van der Waals surface area contributed by atoms with Gasteiger partial charge in [-0.05, 0) is 13.0 Å². The summed E-state index contributed by atoms with van der Waals surface area (Å²) < 4.78 is 27.0. The lowest BCUT2D eigenvalue weighted by atomic mass is 9.91. The van der Waals surface area contributed by atoms with Crippen molar-refractivity contribution in [2.75, 3.05) is 6.54 Å². The zero-order chi connectivity index (χ0) is 18.1. The van der Waals surface area contributed by atoms with Crippen molar-refractivity contribution in [2.45, 2.75) is 18.9 Å². The standard InChI is InChI=1S/C14H14F2N4O4/c1-14(8-3-2-7(15)6-9(8)16)11(22)20(13(24)19-14)5-4-10(21)18-12(17)23/h2-3,6H,4-5H2,1H3,(H,19,24)(H3,17,18,21,23)/t14-/m0/s1. The molecule has 6 amide bonds. The highest BCUT2D eigenvalue weighted by molar-refractivity contribution is 6.07. The SMILES string of the molecule is C[C@@]1(c2ccc(F)cc2F)NC(=O)N(CCC(=O)NC(N)=O)C1=O. The average molecular weight is 340 g/mol. The van der Waals surface area contributed by atoms with Gasteiger partial charge in [0.2, 0.25) is 5.91 Å². The van der Waals surface area contributed by atoms with Crippen LogP contribution in [0.4, 0.5) is 18.4 Å². The third-order valence-electron chi connectivity index (χ3n) is 3.57. The minimum absolute atomic E-state index is 0.202. The smallest absolute Gasteiger partial charge is 0.325 e. The molecule has 4 N–H and O–H groups in total. The number of nitrogens with two attached hydrogens (primary N) is 1. The Morgan fingerprint density at radius 3 is 2.58 bits per heavy atom. The van der Waals surface area contributed by atoms with Crippen LogP contribution in [0, 0.1) is 11.6 Å². The number of carbonyl (C=O) groups excluding carboxylic acids is 4. The molecule has 1 aliphatic heterocycles. The zero-order valence-electron chi connectivity index (χ0n) is 12.6. The molecule has 0 radical (unpaired) electrons. The monoisotopic (exact) mass is 340 g/mol. The van der Waals surface area contributed by atoms with Gasteiger partial charge in [-0.1, -0.05) is 6.07 Å². The number of carbonyl (C=O) groups is 4. The highest BCUT2D eigenvalue weighted by Gasteiger charge is 2.50. The Labute approximate surface area is 135 Å². The summed E-state index contributed by atoms with van der Waals surface area (Å²) in [5.41, 5.74) is 2.85. The van der Waals surface area contributed by atoms with Gasteiger partial charge in [0.05, 0.1) is 0 Å². The summed E-state index contributed by atoms with van der Waals surface area (Å²) in [5.74, 6) is -3.38. The molecule has 0 aromatic heterocycles. The van der Waals surface area contributed by atoms with Crippen molar-refractivity contribution in [1.82, 2.24) is 15.5 Å². The van der Waals surface area contributed by atoms with Gasteiger partial charge in [0.15, 0.2) is 0 Å². The van der Waals surface area contributed by atoms with E-state index in [1.54, 1.807) is 5.32 Å². The lowest BCUT2D eigenvalue weighted by Crippen LogP contribution is -2.42. The Kier molecular flexibility index (Phi) is 4.49. The minimum atomic E-state index is -1.73. The Morgan fingerprint density at radius 1 is 1.33 bits per heavy atom. The van der Waals surface area contributed by atoms with Crippen LogP contribution in [-0.4, -0.2) is 35.3 Å². The van der Waals surface area contributed by atoms with E-state index in [2.05, 4.69) is 5.32 Å². The lowest BCUT2D eigenvalue weighted by Gasteiger charge is -2.22. The number of hydrogen-bond acceptors (Lipinski definition) is 4. The largest absolute Gasteiger partial charge is 0.351 e. The Hall–Kier alpha value is -3.04. The summed E-state index contributed by atoms with van der Waals surface area (Å²) in [6, 6.07) is 0.731. The van der Waals surface area contributed by atoms with Crippen LogP contribution < -0.4 is 16.4 Å². The molecule has 1 heterocycles. The van der Waals surface area contributed by atoms with E-state index in [-0.39, 0.29) is 18.5 Å². The van der Waals surface area contributed by atoms with E-state index < -0.39 is 41.0 Å². The molecule has 0 spiro atoms. The van der Waals surface area contributed by atoms with E-state index in [4.69, 9.17) is 5.73 Å². The number of nitrogens with zero attached hydrogens (tertiary/aromatic N) is 1. The molecule has 1 aliphatic rings. The molecule has 0 saturated carbocycles. The van der Waals surface area contributed by atoms with Gasteiger partial charge in [-0.2, -0.15) is 0 Å². The van der Waals surface area contributed by atoms with Crippen molar-refractivity contribution >= 4 is 23.9 Å². The van der Waals surface area contributed by atoms with Crippen molar-refractivity contribution in [3.05, 3.63) is 35.4 Å². The summed E-state index contributed by atoms with van der Waals surface area (Å²) >= 11 is 0. The van der Waals surface area contributed by atoms with Gasteiger partial charge >= 0.3 is 12.1 Å². The Morgan fingerprint density at radius 2 is 2.00 bits per heavy atom. The van der Waals surface area contributed by atoms with Crippen LogP contribution in [0.3, 0.4) is 0 Å². The predicted octanol–water partition coefficient (Wildman–Crippen LogP) is 0.317. The van der Waals surface area contributed by atoms with Gasteiger partial charge in [0.25, 0.3) is 5.91 Å². The van der Waals surface area contributed by atoms with E-state index in [9.17, 15) is 28.0 Å². The van der Waals surface area contributed by atoms with E-state index >= 15 is 0 Å². The molecule has 24 heavy (non-hydrogen) atoms. The van der Waals surface area contributed by atoms with Gasteiger partial charge < -0.3 is 11.1 Å². The first-order valence-corrected chi connectivity index (χ1v) is 6.84. The maximum atomic E-state index is 14.0. The van der Waals surface area contributed by atoms with Crippen LogP contribution in [0.5, 0.6) is 0 Å². The molecule has 1 fully saturated rings. The molecule has 128 valence electrons. The summed E-state index contributed by atoms with van der Waals surface area (Å²) in [7, 11) is 0. The first-order valence-electron chi connectivity index (χ1n) is 6.84. The summed E-state index contributed by atoms with van der Waals surface area (Å²) in [4.78, 5) is 47.1. The number of amides is 6. The fourth-order valence-electron chi connectivity index (χ4n) is 2.39. The number of urea groups is 2. The second-order valence-electron chi connectivity index (χ2n) is 5.30. The number of nitrogens with one attached hydrogen (secondary N) is 2. The molecule has 0 unspecified atom stereocenters. The molecule has 10 heteroatoms. The number of imide groups is 2. The molecule has 8 nitrogen and oxygen atoms in total. The normalized spacial score (nSPS) is 20.0.